The molecule has 0 aliphatic heterocycles. The topological polar surface area (TPSA) is 67.4 Å². The Balaban J connectivity index is 1.82. The lowest BCUT2D eigenvalue weighted by Gasteiger charge is -2.04. The van der Waals surface area contributed by atoms with Crippen molar-refractivity contribution in [1.29, 1.82) is 0 Å². The van der Waals surface area contributed by atoms with Crippen LogP contribution in [0.15, 0.2) is 48.5 Å². The maximum absolute atomic E-state index is 11.9. The van der Waals surface area contributed by atoms with E-state index < -0.39 is 0 Å². The van der Waals surface area contributed by atoms with E-state index in [1.54, 1.807) is 32.4 Å². The highest BCUT2D eigenvalue weighted by Crippen LogP contribution is 2.12. The van der Waals surface area contributed by atoms with Gasteiger partial charge in [0.2, 0.25) is 5.91 Å². The predicted octanol–water partition coefficient (Wildman–Crippen LogP) is 2.16. The Morgan fingerprint density at radius 3 is 2.50 bits per heavy atom. The number of rotatable bonds is 6. The lowest BCUT2D eigenvalue weighted by Crippen LogP contribution is -2.23. The molecule has 134 valence electrons. The Hall–Kier alpha value is -3.26. The monoisotopic (exact) mass is 350 g/mol. The van der Waals surface area contributed by atoms with Crippen LogP contribution in [0.25, 0.3) is 0 Å². The number of methoxy groups -OCH3 is 1. The molecule has 0 fully saturated rings. The molecule has 0 bridgehead atoms. The lowest BCUT2D eigenvalue weighted by molar-refractivity contribution is -0.120. The van der Waals surface area contributed by atoms with E-state index in [9.17, 15) is 9.59 Å². The van der Waals surface area contributed by atoms with Crippen molar-refractivity contribution in [2.75, 3.05) is 20.7 Å². The third-order valence-corrected chi connectivity index (χ3v) is 3.80. The summed E-state index contributed by atoms with van der Waals surface area (Å²) in [6.07, 6.45) is 1.05. The van der Waals surface area contributed by atoms with Crippen molar-refractivity contribution in [1.82, 2.24) is 10.6 Å². The van der Waals surface area contributed by atoms with Gasteiger partial charge >= 0.3 is 0 Å². The highest BCUT2D eigenvalue weighted by Gasteiger charge is 2.06. The second-order valence-electron chi connectivity index (χ2n) is 5.55. The molecule has 0 aliphatic carbocycles. The number of hydrogen-bond donors (Lipinski definition) is 2. The van der Waals surface area contributed by atoms with Gasteiger partial charge in [0.1, 0.15) is 5.75 Å². The number of ether oxygens (including phenoxy) is 1. The van der Waals surface area contributed by atoms with E-state index in [0.717, 1.165) is 11.3 Å². The van der Waals surface area contributed by atoms with E-state index in [2.05, 4.69) is 22.5 Å². The Bertz CT molecular complexity index is 817. The van der Waals surface area contributed by atoms with Crippen LogP contribution in [0.1, 0.15) is 27.9 Å². The third kappa shape index (κ3) is 5.67. The van der Waals surface area contributed by atoms with Gasteiger partial charge in [-0.2, -0.15) is 0 Å². The first-order valence-corrected chi connectivity index (χ1v) is 8.33. The molecule has 26 heavy (non-hydrogen) atoms. The van der Waals surface area contributed by atoms with E-state index in [1.807, 2.05) is 30.3 Å². The van der Waals surface area contributed by atoms with Crippen molar-refractivity contribution in [2.24, 2.45) is 0 Å². The second-order valence-corrected chi connectivity index (χ2v) is 5.55. The number of hydrogen-bond acceptors (Lipinski definition) is 3. The molecule has 2 amide bonds. The van der Waals surface area contributed by atoms with Crippen molar-refractivity contribution in [2.45, 2.75) is 12.8 Å². The predicted molar refractivity (Wildman–Crippen MR) is 101 cm³/mol. The summed E-state index contributed by atoms with van der Waals surface area (Å²) in [6, 6.07) is 14.8. The fourth-order valence-corrected chi connectivity index (χ4v) is 2.35. The van der Waals surface area contributed by atoms with Gasteiger partial charge in [0.05, 0.1) is 19.2 Å². The van der Waals surface area contributed by atoms with Crippen LogP contribution in [0.3, 0.4) is 0 Å². The smallest absolute Gasteiger partial charge is 0.252 e. The second kappa shape index (κ2) is 9.90. The summed E-state index contributed by atoms with van der Waals surface area (Å²) >= 11 is 0. The summed E-state index contributed by atoms with van der Waals surface area (Å²) in [7, 11) is 3.20. The van der Waals surface area contributed by atoms with Gasteiger partial charge in [-0.1, -0.05) is 36.1 Å². The number of aryl methyl sites for hydroxylation is 1. The number of benzene rings is 2. The summed E-state index contributed by atoms with van der Waals surface area (Å²) in [6.45, 7) is 0.240. The molecule has 2 N–H and O–H groups in total. The molecule has 0 saturated heterocycles. The minimum atomic E-state index is -0.182. The van der Waals surface area contributed by atoms with E-state index >= 15 is 0 Å². The Kier molecular flexibility index (Phi) is 7.26. The van der Waals surface area contributed by atoms with Gasteiger partial charge in [0.25, 0.3) is 5.91 Å². The van der Waals surface area contributed by atoms with Gasteiger partial charge in [-0.3, -0.25) is 9.59 Å². The molecule has 0 saturated carbocycles. The molecule has 5 heteroatoms. The average molecular weight is 350 g/mol. The Morgan fingerprint density at radius 1 is 1.08 bits per heavy atom. The van der Waals surface area contributed by atoms with Crippen LogP contribution < -0.4 is 15.4 Å². The highest BCUT2D eigenvalue weighted by atomic mass is 16.5. The number of amides is 2. The fraction of sp³-hybridized carbons (Fsp3) is 0.238. The molecular formula is C21H22N2O3. The minimum Gasteiger partial charge on any atom is -0.497 e. The van der Waals surface area contributed by atoms with Crippen LogP contribution >= 0.6 is 0 Å². The van der Waals surface area contributed by atoms with Crippen LogP contribution in [0, 0.1) is 11.8 Å². The minimum absolute atomic E-state index is 0.0605. The van der Waals surface area contributed by atoms with Crippen molar-refractivity contribution in [3.05, 3.63) is 65.2 Å². The summed E-state index contributed by atoms with van der Waals surface area (Å²) < 4.78 is 5.11. The van der Waals surface area contributed by atoms with E-state index in [0.29, 0.717) is 24.0 Å². The molecule has 0 heterocycles. The number of carbonyl (C=O) groups excluding carboxylic acids is 2. The highest BCUT2D eigenvalue weighted by molar-refractivity contribution is 5.96. The van der Waals surface area contributed by atoms with Crippen molar-refractivity contribution < 1.29 is 14.3 Å². The Morgan fingerprint density at radius 2 is 1.81 bits per heavy atom. The molecule has 0 spiro atoms. The molecule has 0 radical (unpaired) electrons. The first-order valence-electron chi connectivity index (χ1n) is 8.33. The van der Waals surface area contributed by atoms with E-state index in [1.165, 1.54) is 0 Å². The Labute approximate surface area is 153 Å². The van der Waals surface area contributed by atoms with Crippen LogP contribution in [-0.2, 0) is 11.2 Å². The normalized spacial score (nSPS) is 9.62. The zero-order chi connectivity index (χ0) is 18.8. The maximum Gasteiger partial charge on any atom is 0.252 e. The number of carbonyl (C=O) groups is 2. The molecule has 2 aromatic rings. The van der Waals surface area contributed by atoms with Gasteiger partial charge < -0.3 is 15.4 Å². The lowest BCUT2D eigenvalue weighted by atomic mass is 10.1. The molecule has 0 aromatic heterocycles. The summed E-state index contributed by atoms with van der Waals surface area (Å²) in [5.41, 5.74) is 2.24. The van der Waals surface area contributed by atoms with Gasteiger partial charge in [-0.25, -0.2) is 0 Å². The SMILES string of the molecule is CNC(=O)c1ccccc1C#CCNC(=O)CCc1ccc(OC)cc1. The largest absolute Gasteiger partial charge is 0.497 e. The molecule has 2 aromatic carbocycles. The summed E-state index contributed by atoms with van der Waals surface area (Å²) in [5.74, 6) is 6.37. The summed E-state index contributed by atoms with van der Waals surface area (Å²) in [4.78, 5) is 23.7. The van der Waals surface area contributed by atoms with Crippen LogP contribution in [0.5, 0.6) is 5.75 Å². The van der Waals surface area contributed by atoms with E-state index in [-0.39, 0.29) is 18.4 Å². The first kappa shape index (κ1) is 19.1. The fourth-order valence-electron chi connectivity index (χ4n) is 2.35. The molecule has 2 rings (SSSR count). The zero-order valence-electron chi connectivity index (χ0n) is 15.0. The van der Waals surface area contributed by atoms with Gasteiger partial charge in [-0.05, 0) is 36.2 Å². The average Bonchev–Trinajstić information content (AvgIpc) is 2.69. The quantitative estimate of drug-likeness (QED) is 0.785. The molecule has 0 aliphatic rings. The van der Waals surface area contributed by atoms with Crippen LogP contribution in [0.4, 0.5) is 0 Å². The van der Waals surface area contributed by atoms with Gasteiger partial charge in [0, 0.05) is 19.0 Å². The van der Waals surface area contributed by atoms with Crippen molar-refractivity contribution in [3.63, 3.8) is 0 Å². The first-order chi connectivity index (χ1) is 12.6. The molecular weight excluding hydrogens is 328 g/mol. The third-order valence-electron chi connectivity index (χ3n) is 3.80. The maximum atomic E-state index is 11.9. The summed E-state index contributed by atoms with van der Waals surface area (Å²) in [5, 5.41) is 5.36. The molecule has 0 atom stereocenters. The van der Waals surface area contributed by atoms with Crippen LogP contribution in [-0.4, -0.2) is 32.5 Å². The van der Waals surface area contributed by atoms with Crippen molar-refractivity contribution in [3.8, 4) is 17.6 Å². The molecule has 5 nitrogen and oxygen atoms in total. The standard InChI is InChI=1S/C21H22N2O3/c1-22-21(25)19-8-4-3-6-17(19)7-5-15-23-20(24)14-11-16-9-12-18(26-2)13-10-16/h3-4,6,8-10,12-13H,11,14-15H2,1-2H3,(H,22,25)(H,23,24). The van der Waals surface area contributed by atoms with E-state index in [4.69, 9.17) is 4.74 Å². The number of nitrogens with one attached hydrogen (secondary N) is 2. The van der Waals surface area contributed by atoms with Crippen LogP contribution in [0.2, 0.25) is 0 Å². The van der Waals surface area contributed by atoms with Gasteiger partial charge in [-0.15, -0.1) is 0 Å². The van der Waals surface area contributed by atoms with Gasteiger partial charge in [0.15, 0.2) is 0 Å². The zero-order valence-corrected chi connectivity index (χ0v) is 15.0. The van der Waals surface area contributed by atoms with Crippen molar-refractivity contribution >= 4 is 11.8 Å². The molecule has 0 unspecified atom stereocenters.